The molecule has 7 heteroatoms. The molecule has 0 saturated carbocycles. The zero-order valence-corrected chi connectivity index (χ0v) is 13.6. The molecule has 3 heterocycles. The van der Waals surface area contributed by atoms with Crippen molar-refractivity contribution in [2.75, 3.05) is 19.6 Å². The first-order valence-corrected chi connectivity index (χ1v) is 8.33. The van der Waals surface area contributed by atoms with E-state index in [-0.39, 0.29) is 23.8 Å². The van der Waals surface area contributed by atoms with Crippen molar-refractivity contribution in [1.29, 1.82) is 0 Å². The summed E-state index contributed by atoms with van der Waals surface area (Å²) < 4.78 is 5.91. The average Bonchev–Trinajstić information content (AvgIpc) is 2.58. The second-order valence-electron chi connectivity index (χ2n) is 5.99. The summed E-state index contributed by atoms with van der Waals surface area (Å²) in [6.45, 7) is 1.81. The van der Waals surface area contributed by atoms with E-state index in [4.69, 9.17) is 16.3 Å². The van der Waals surface area contributed by atoms with Crippen molar-refractivity contribution in [3.8, 4) is 5.75 Å². The van der Waals surface area contributed by atoms with E-state index in [2.05, 4.69) is 10.3 Å². The summed E-state index contributed by atoms with van der Waals surface area (Å²) in [7, 11) is 0. The summed E-state index contributed by atoms with van der Waals surface area (Å²) in [5.74, 6) is 0.738. The van der Waals surface area contributed by atoms with Crippen molar-refractivity contribution in [2.24, 2.45) is 5.92 Å². The lowest BCUT2D eigenvalue weighted by Gasteiger charge is -2.35. The Morgan fingerprint density at radius 2 is 2.13 bits per heavy atom. The number of nitrogens with one attached hydrogen (secondary N) is 1. The molecule has 3 rings (SSSR count). The molecule has 1 N–H and O–H groups in total. The monoisotopic (exact) mass is 337 g/mol. The van der Waals surface area contributed by atoms with Gasteiger partial charge in [0.05, 0.1) is 5.92 Å². The Kier molecular flexibility index (Phi) is 5.00. The maximum absolute atomic E-state index is 12.5. The largest absolute Gasteiger partial charge is 0.489 e. The van der Waals surface area contributed by atoms with Crippen LogP contribution in [0.1, 0.15) is 25.7 Å². The van der Waals surface area contributed by atoms with Crippen LogP contribution in [0.2, 0.25) is 5.02 Å². The third-order valence-corrected chi connectivity index (χ3v) is 4.68. The molecule has 2 fully saturated rings. The van der Waals surface area contributed by atoms with Gasteiger partial charge in [0.15, 0.2) is 0 Å². The Morgan fingerprint density at radius 1 is 1.35 bits per heavy atom. The maximum atomic E-state index is 12.5. The lowest BCUT2D eigenvalue weighted by Crippen LogP contribution is -2.48. The minimum Gasteiger partial charge on any atom is -0.489 e. The number of aromatic nitrogens is 1. The summed E-state index contributed by atoms with van der Waals surface area (Å²) in [5.41, 5.74) is 0. The van der Waals surface area contributed by atoms with Crippen molar-refractivity contribution < 1.29 is 14.3 Å². The Bertz CT molecular complexity index is 578. The minimum absolute atomic E-state index is 0.0374. The van der Waals surface area contributed by atoms with Gasteiger partial charge in [-0.3, -0.25) is 14.6 Å². The summed E-state index contributed by atoms with van der Waals surface area (Å²) in [4.78, 5) is 29.5. The third-order valence-electron chi connectivity index (χ3n) is 4.40. The topological polar surface area (TPSA) is 71.5 Å². The normalized spacial score (nSPS) is 22.6. The van der Waals surface area contributed by atoms with Gasteiger partial charge >= 0.3 is 0 Å². The fourth-order valence-electron chi connectivity index (χ4n) is 3.03. The Labute approximate surface area is 140 Å². The van der Waals surface area contributed by atoms with Crippen LogP contribution in [0.3, 0.4) is 0 Å². The predicted molar refractivity (Wildman–Crippen MR) is 85.2 cm³/mol. The van der Waals surface area contributed by atoms with Crippen LogP contribution in [0.25, 0.3) is 0 Å². The first-order valence-electron chi connectivity index (χ1n) is 7.95. The van der Waals surface area contributed by atoms with E-state index < -0.39 is 0 Å². The maximum Gasteiger partial charge on any atom is 0.227 e. The number of carbonyl (C=O) groups is 2. The Hall–Kier alpha value is -1.82. The second kappa shape index (κ2) is 7.17. The van der Waals surface area contributed by atoms with Crippen LogP contribution < -0.4 is 10.1 Å². The first kappa shape index (κ1) is 16.1. The summed E-state index contributed by atoms with van der Waals surface area (Å²) >= 11 is 6.05. The molecule has 0 bridgehead atoms. The van der Waals surface area contributed by atoms with Gasteiger partial charge in [-0.2, -0.15) is 0 Å². The molecule has 2 aliphatic heterocycles. The number of piperidine rings is 2. The standard InChI is InChI=1S/C16H20ClN3O3/c17-13-10-18-6-3-14(13)23-12-4-7-20(8-5-12)16(22)11-1-2-15(21)19-9-11/h3,6,10-12H,1-2,4-5,7-9H2,(H,19,21). The molecule has 2 saturated heterocycles. The van der Waals surface area contributed by atoms with E-state index in [9.17, 15) is 9.59 Å². The Balaban J connectivity index is 1.49. The lowest BCUT2D eigenvalue weighted by atomic mass is 9.96. The molecule has 124 valence electrons. The number of nitrogens with zero attached hydrogens (tertiary/aromatic N) is 2. The van der Waals surface area contributed by atoms with Gasteiger partial charge in [-0.15, -0.1) is 0 Å². The number of likely N-dealkylation sites (tertiary alicyclic amines) is 1. The molecule has 6 nitrogen and oxygen atoms in total. The van der Waals surface area contributed by atoms with Gasteiger partial charge in [-0.05, 0) is 6.42 Å². The molecule has 2 aliphatic rings. The van der Waals surface area contributed by atoms with E-state index in [1.807, 2.05) is 4.90 Å². The minimum atomic E-state index is -0.0835. The van der Waals surface area contributed by atoms with Gasteiger partial charge in [-0.25, -0.2) is 0 Å². The molecule has 1 aromatic heterocycles. The highest BCUT2D eigenvalue weighted by atomic mass is 35.5. The summed E-state index contributed by atoms with van der Waals surface area (Å²) in [5, 5.41) is 3.27. The molecule has 1 unspecified atom stereocenters. The number of hydrogen-bond donors (Lipinski definition) is 1. The molecular weight excluding hydrogens is 318 g/mol. The SMILES string of the molecule is O=C1CCC(C(=O)N2CCC(Oc3ccncc3Cl)CC2)CN1. The molecular formula is C16H20ClN3O3. The molecule has 1 aromatic rings. The van der Waals surface area contributed by atoms with E-state index in [1.54, 1.807) is 18.5 Å². The van der Waals surface area contributed by atoms with Crippen LogP contribution >= 0.6 is 11.6 Å². The first-order chi connectivity index (χ1) is 11.1. The van der Waals surface area contributed by atoms with E-state index >= 15 is 0 Å². The third kappa shape index (κ3) is 3.93. The predicted octanol–water partition coefficient (Wildman–Crippen LogP) is 1.63. The number of ether oxygens (including phenoxy) is 1. The number of pyridine rings is 1. The number of amides is 2. The number of halogens is 1. The van der Waals surface area contributed by atoms with Crippen molar-refractivity contribution in [3.05, 3.63) is 23.5 Å². The number of hydrogen-bond acceptors (Lipinski definition) is 4. The molecule has 23 heavy (non-hydrogen) atoms. The summed E-state index contributed by atoms with van der Waals surface area (Å²) in [6, 6.07) is 1.75. The number of rotatable bonds is 3. The fraction of sp³-hybridized carbons (Fsp3) is 0.562. The highest BCUT2D eigenvalue weighted by Gasteiger charge is 2.31. The van der Waals surface area contributed by atoms with Crippen LogP contribution in [-0.2, 0) is 9.59 Å². The smallest absolute Gasteiger partial charge is 0.227 e. The highest BCUT2D eigenvalue weighted by molar-refractivity contribution is 6.31. The van der Waals surface area contributed by atoms with Gasteiger partial charge in [0.2, 0.25) is 11.8 Å². The van der Waals surface area contributed by atoms with Crippen LogP contribution in [-0.4, -0.2) is 47.4 Å². The van der Waals surface area contributed by atoms with Crippen LogP contribution in [0.15, 0.2) is 18.5 Å². The molecule has 2 amide bonds. The van der Waals surface area contributed by atoms with Crippen molar-refractivity contribution in [2.45, 2.75) is 31.8 Å². The quantitative estimate of drug-likeness (QED) is 0.910. The summed E-state index contributed by atoms with van der Waals surface area (Å²) in [6.07, 6.45) is 5.92. The van der Waals surface area contributed by atoms with Gasteiger partial charge in [0.1, 0.15) is 16.9 Å². The van der Waals surface area contributed by atoms with Gasteiger partial charge < -0.3 is 15.0 Å². The average molecular weight is 338 g/mol. The van der Waals surface area contributed by atoms with E-state index in [0.717, 1.165) is 12.8 Å². The van der Waals surface area contributed by atoms with Crippen LogP contribution in [0.5, 0.6) is 5.75 Å². The highest BCUT2D eigenvalue weighted by Crippen LogP contribution is 2.26. The fourth-order valence-corrected chi connectivity index (χ4v) is 3.20. The zero-order chi connectivity index (χ0) is 16.2. The molecule has 0 spiro atoms. The van der Waals surface area contributed by atoms with Gasteiger partial charge in [0.25, 0.3) is 0 Å². The molecule has 0 aromatic carbocycles. The number of carbonyl (C=O) groups excluding carboxylic acids is 2. The Morgan fingerprint density at radius 3 is 2.78 bits per heavy atom. The zero-order valence-electron chi connectivity index (χ0n) is 12.8. The van der Waals surface area contributed by atoms with Gasteiger partial charge in [0, 0.05) is 57.4 Å². The van der Waals surface area contributed by atoms with Crippen molar-refractivity contribution in [3.63, 3.8) is 0 Å². The molecule has 0 radical (unpaired) electrons. The molecule has 1 atom stereocenters. The van der Waals surface area contributed by atoms with Crippen LogP contribution in [0, 0.1) is 5.92 Å². The lowest BCUT2D eigenvalue weighted by molar-refractivity contribution is -0.139. The molecule has 0 aliphatic carbocycles. The van der Waals surface area contributed by atoms with Crippen LogP contribution in [0.4, 0.5) is 0 Å². The second-order valence-corrected chi connectivity index (χ2v) is 6.40. The van der Waals surface area contributed by atoms with E-state index in [1.165, 1.54) is 0 Å². The van der Waals surface area contributed by atoms with Crippen molar-refractivity contribution >= 4 is 23.4 Å². The van der Waals surface area contributed by atoms with E-state index in [0.29, 0.717) is 43.2 Å². The van der Waals surface area contributed by atoms with Gasteiger partial charge in [-0.1, -0.05) is 11.6 Å². The van der Waals surface area contributed by atoms with Crippen molar-refractivity contribution in [1.82, 2.24) is 15.2 Å².